The van der Waals surface area contributed by atoms with E-state index < -0.39 is 0 Å². The molecule has 1 aromatic heterocycles. The Balaban J connectivity index is 2.38. The van der Waals surface area contributed by atoms with Crippen LogP contribution in [0.2, 0.25) is 0 Å². The maximum atomic E-state index is 5.28. The maximum Gasteiger partial charge on any atom is 0.216 e. The summed E-state index contributed by atoms with van der Waals surface area (Å²) in [6.45, 7) is 6.17. The highest BCUT2D eigenvalue weighted by Crippen LogP contribution is 2.27. The van der Waals surface area contributed by atoms with Gasteiger partial charge in [0.15, 0.2) is 17.3 Å². The number of aromatic nitrogens is 3. The lowest BCUT2D eigenvalue weighted by Crippen LogP contribution is -2.17. The Labute approximate surface area is 134 Å². The molecule has 0 saturated heterocycles. The van der Waals surface area contributed by atoms with Crippen LogP contribution in [0.1, 0.15) is 32.2 Å². The zero-order valence-electron chi connectivity index (χ0n) is 13.4. The minimum atomic E-state index is -0.164. The van der Waals surface area contributed by atoms with Gasteiger partial charge in [0.1, 0.15) is 0 Å². The first kappa shape index (κ1) is 16.2. The normalized spacial score (nSPS) is 11.9. The highest BCUT2D eigenvalue weighted by atomic mass is 32.1. The first-order valence-corrected chi connectivity index (χ1v) is 7.22. The molecular weight excluding hydrogens is 300 g/mol. The average Bonchev–Trinajstić information content (AvgIpc) is 2.85. The number of H-pyrrole nitrogens is 1. The SMILES string of the molecule is COc1ccc(/C=N\n2c(C(C)(C)C)n[nH]c2=S)cc1OC. The van der Waals surface area contributed by atoms with Gasteiger partial charge in [-0.05, 0) is 36.0 Å². The molecule has 1 aromatic carbocycles. The fourth-order valence-corrected chi connectivity index (χ4v) is 2.12. The number of hydrogen-bond donors (Lipinski definition) is 1. The van der Waals surface area contributed by atoms with E-state index in [1.54, 1.807) is 25.1 Å². The number of nitrogens with one attached hydrogen (secondary N) is 1. The van der Waals surface area contributed by atoms with Crippen molar-refractivity contribution in [3.63, 3.8) is 0 Å². The van der Waals surface area contributed by atoms with Crippen LogP contribution in [0.3, 0.4) is 0 Å². The highest BCUT2D eigenvalue weighted by molar-refractivity contribution is 7.71. The highest BCUT2D eigenvalue weighted by Gasteiger charge is 2.21. The number of methoxy groups -OCH3 is 2. The molecule has 0 aliphatic heterocycles. The Kier molecular flexibility index (Phi) is 4.65. The molecule has 2 rings (SSSR count). The van der Waals surface area contributed by atoms with Crippen molar-refractivity contribution in [3.05, 3.63) is 34.4 Å². The van der Waals surface area contributed by atoms with Crippen LogP contribution >= 0.6 is 12.2 Å². The molecule has 0 aliphatic rings. The van der Waals surface area contributed by atoms with Gasteiger partial charge in [-0.3, -0.25) is 5.10 Å². The Bertz CT molecular complexity index is 741. The summed E-state index contributed by atoms with van der Waals surface area (Å²) in [5.41, 5.74) is 0.711. The van der Waals surface area contributed by atoms with Gasteiger partial charge in [0.25, 0.3) is 0 Å². The first-order chi connectivity index (χ1) is 10.4. The Morgan fingerprint density at radius 2 is 1.91 bits per heavy atom. The van der Waals surface area contributed by atoms with Crippen LogP contribution in [0.25, 0.3) is 0 Å². The number of ether oxygens (including phenoxy) is 2. The van der Waals surface area contributed by atoms with Gasteiger partial charge in [-0.15, -0.1) is 0 Å². The van der Waals surface area contributed by atoms with E-state index in [0.29, 0.717) is 16.3 Å². The molecule has 0 saturated carbocycles. The third-order valence-electron chi connectivity index (χ3n) is 3.05. The van der Waals surface area contributed by atoms with Crippen LogP contribution in [0, 0.1) is 4.77 Å². The molecule has 0 atom stereocenters. The number of hydrogen-bond acceptors (Lipinski definition) is 5. The summed E-state index contributed by atoms with van der Waals surface area (Å²) in [7, 11) is 3.20. The second-order valence-electron chi connectivity index (χ2n) is 5.77. The third kappa shape index (κ3) is 3.36. The van der Waals surface area contributed by atoms with Gasteiger partial charge in [0, 0.05) is 5.41 Å². The molecule has 6 nitrogen and oxygen atoms in total. The second kappa shape index (κ2) is 6.31. The molecule has 0 bridgehead atoms. The fourth-order valence-electron chi connectivity index (χ4n) is 1.94. The lowest BCUT2D eigenvalue weighted by atomic mass is 9.96. The van der Waals surface area contributed by atoms with Crippen LogP contribution in [-0.2, 0) is 5.41 Å². The molecule has 2 aromatic rings. The maximum absolute atomic E-state index is 5.28. The van der Waals surface area contributed by atoms with Gasteiger partial charge in [-0.2, -0.15) is 14.9 Å². The Hall–Kier alpha value is -2.15. The van der Waals surface area contributed by atoms with Crippen molar-refractivity contribution in [2.45, 2.75) is 26.2 Å². The van der Waals surface area contributed by atoms with Crippen LogP contribution in [-0.4, -0.2) is 35.3 Å². The summed E-state index contributed by atoms with van der Waals surface area (Å²) < 4.78 is 12.6. The van der Waals surface area contributed by atoms with Crippen molar-refractivity contribution in [2.75, 3.05) is 14.2 Å². The van der Waals surface area contributed by atoms with Crippen LogP contribution in [0.5, 0.6) is 11.5 Å². The number of nitrogens with zero attached hydrogens (tertiary/aromatic N) is 3. The summed E-state index contributed by atoms with van der Waals surface area (Å²) in [6.07, 6.45) is 1.71. The standard InChI is InChI=1S/C15H20N4O2S/c1-15(2,3)13-17-18-14(22)19(13)16-9-10-6-7-11(20-4)12(8-10)21-5/h6-9H,1-5H3,(H,18,22)/b16-9-. The molecule has 0 radical (unpaired) electrons. The Morgan fingerprint density at radius 3 is 2.50 bits per heavy atom. The monoisotopic (exact) mass is 320 g/mol. The molecular formula is C15H20N4O2S. The van der Waals surface area contributed by atoms with Gasteiger partial charge in [-0.1, -0.05) is 20.8 Å². The first-order valence-electron chi connectivity index (χ1n) is 6.81. The molecule has 0 unspecified atom stereocenters. The van der Waals surface area contributed by atoms with E-state index in [2.05, 4.69) is 36.1 Å². The van der Waals surface area contributed by atoms with Crippen LogP contribution < -0.4 is 9.47 Å². The van der Waals surface area contributed by atoms with Crippen molar-refractivity contribution in [1.29, 1.82) is 0 Å². The minimum Gasteiger partial charge on any atom is -0.493 e. The third-order valence-corrected chi connectivity index (χ3v) is 3.32. The van der Waals surface area contributed by atoms with Gasteiger partial charge < -0.3 is 9.47 Å². The molecule has 0 aliphatic carbocycles. The predicted molar refractivity (Wildman–Crippen MR) is 88.6 cm³/mol. The lowest BCUT2D eigenvalue weighted by Gasteiger charge is -2.15. The largest absolute Gasteiger partial charge is 0.493 e. The minimum absolute atomic E-state index is 0.164. The van der Waals surface area contributed by atoms with Crippen molar-refractivity contribution >= 4 is 18.4 Å². The van der Waals surface area contributed by atoms with E-state index in [1.165, 1.54) is 0 Å². The summed E-state index contributed by atoms with van der Waals surface area (Å²) >= 11 is 5.23. The summed E-state index contributed by atoms with van der Waals surface area (Å²) in [5.74, 6) is 2.10. The van der Waals surface area contributed by atoms with E-state index in [-0.39, 0.29) is 5.41 Å². The quantitative estimate of drug-likeness (QED) is 0.694. The van der Waals surface area contributed by atoms with E-state index in [1.807, 2.05) is 18.2 Å². The van der Waals surface area contributed by atoms with Crippen molar-refractivity contribution < 1.29 is 9.47 Å². The van der Waals surface area contributed by atoms with Gasteiger partial charge in [0.2, 0.25) is 4.77 Å². The summed E-state index contributed by atoms with van der Waals surface area (Å²) in [5, 5.41) is 11.5. The van der Waals surface area contributed by atoms with Crippen LogP contribution in [0.4, 0.5) is 0 Å². The van der Waals surface area contributed by atoms with E-state index in [9.17, 15) is 0 Å². The predicted octanol–water partition coefficient (Wildman–Crippen LogP) is 3.14. The van der Waals surface area contributed by atoms with Gasteiger partial charge in [-0.25, -0.2) is 0 Å². The zero-order valence-corrected chi connectivity index (χ0v) is 14.2. The Morgan fingerprint density at radius 1 is 1.23 bits per heavy atom. The van der Waals surface area contributed by atoms with E-state index in [4.69, 9.17) is 21.7 Å². The summed E-state index contributed by atoms with van der Waals surface area (Å²) in [4.78, 5) is 0. The van der Waals surface area contributed by atoms with Gasteiger partial charge in [0.05, 0.1) is 20.4 Å². The molecule has 0 fully saturated rings. The molecule has 0 spiro atoms. The molecule has 7 heteroatoms. The molecule has 0 amide bonds. The zero-order chi connectivity index (χ0) is 16.3. The average molecular weight is 320 g/mol. The molecule has 118 valence electrons. The van der Waals surface area contributed by atoms with Crippen LogP contribution in [0.15, 0.2) is 23.3 Å². The topological polar surface area (TPSA) is 64.4 Å². The second-order valence-corrected chi connectivity index (χ2v) is 6.16. The van der Waals surface area contributed by atoms with E-state index >= 15 is 0 Å². The fraction of sp³-hybridized carbons (Fsp3) is 0.400. The molecule has 1 N–H and O–H groups in total. The van der Waals surface area contributed by atoms with Crippen molar-refractivity contribution in [3.8, 4) is 11.5 Å². The lowest BCUT2D eigenvalue weighted by molar-refractivity contribution is 0.355. The van der Waals surface area contributed by atoms with Gasteiger partial charge >= 0.3 is 0 Å². The van der Waals surface area contributed by atoms with Crippen molar-refractivity contribution in [1.82, 2.24) is 14.9 Å². The summed E-state index contributed by atoms with van der Waals surface area (Å²) in [6, 6.07) is 5.58. The van der Waals surface area contributed by atoms with E-state index in [0.717, 1.165) is 11.4 Å². The number of rotatable bonds is 4. The smallest absolute Gasteiger partial charge is 0.216 e. The van der Waals surface area contributed by atoms with Crippen molar-refractivity contribution in [2.24, 2.45) is 5.10 Å². The molecule has 22 heavy (non-hydrogen) atoms. The number of aromatic amines is 1. The number of benzene rings is 1. The molecule has 1 heterocycles.